The minimum atomic E-state index is -3.15. The molecule has 1 N–H and O–H groups in total. The number of aryl methyl sites for hydroxylation is 1. The van der Waals surface area contributed by atoms with Gasteiger partial charge >= 0.3 is 0 Å². The highest BCUT2D eigenvalue weighted by atomic mass is 35.5. The Labute approximate surface area is 193 Å². The van der Waals surface area contributed by atoms with Gasteiger partial charge in [0.1, 0.15) is 15.9 Å². The van der Waals surface area contributed by atoms with Crippen molar-refractivity contribution in [1.82, 2.24) is 15.3 Å². The summed E-state index contributed by atoms with van der Waals surface area (Å²) >= 11 is 13.3. The lowest BCUT2D eigenvalue weighted by Gasteiger charge is -2.28. The average molecular weight is 478 g/mol. The van der Waals surface area contributed by atoms with Gasteiger partial charge < -0.3 is 10.2 Å². The summed E-state index contributed by atoms with van der Waals surface area (Å²) in [5.41, 5.74) is 2.53. The fourth-order valence-corrected chi connectivity index (χ4v) is 6.65. The van der Waals surface area contributed by atoms with E-state index in [1.54, 1.807) is 30.6 Å². The minimum absolute atomic E-state index is 0.259. The van der Waals surface area contributed by atoms with Crippen LogP contribution < -0.4 is 10.2 Å². The van der Waals surface area contributed by atoms with Crippen molar-refractivity contribution in [3.63, 3.8) is 0 Å². The normalized spacial score (nSPS) is 16.2. The molecule has 4 rings (SSSR count). The van der Waals surface area contributed by atoms with Crippen LogP contribution in [-0.4, -0.2) is 43.3 Å². The lowest BCUT2D eigenvalue weighted by molar-refractivity contribution is 0.410. The molecule has 2 aromatic heterocycles. The molecule has 6 nitrogen and oxygen atoms in total. The molecule has 162 valence electrons. The van der Waals surface area contributed by atoms with Crippen LogP contribution in [0.5, 0.6) is 0 Å². The Hall–Kier alpha value is -2.03. The molecule has 3 heterocycles. The average Bonchev–Trinajstić information content (AvgIpc) is 2.79. The molecule has 1 saturated heterocycles. The van der Waals surface area contributed by atoms with Gasteiger partial charge in [-0.2, -0.15) is 4.18 Å². The zero-order valence-electron chi connectivity index (χ0n) is 17.3. The van der Waals surface area contributed by atoms with Gasteiger partial charge in [0.25, 0.3) is 10.2 Å². The van der Waals surface area contributed by atoms with Gasteiger partial charge in [-0.25, -0.2) is 4.98 Å². The molecule has 0 amide bonds. The van der Waals surface area contributed by atoms with Gasteiger partial charge in [0, 0.05) is 44.1 Å². The molecule has 0 spiro atoms. The fraction of sp³-hybridized carbons (Fsp3) is 0.273. The third-order valence-corrected chi connectivity index (χ3v) is 8.58. The number of nitrogens with zero attached hydrogens (tertiary/aromatic N) is 3. The molecule has 1 aliphatic rings. The molecule has 1 fully saturated rings. The van der Waals surface area contributed by atoms with Crippen molar-refractivity contribution >= 4 is 39.2 Å². The number of halogens is 2. The Balaban J connectivity index is 1.76. The third-order valence-electron chi connectivity index (χ3n) is 5.30. The number of aromatic nitrogens is 2. The lowest BCUT2D eigenvalue weighted by Crippen LogP contribution is -2.43. The van der Waals surface area contributed by atoms with Gasteiger partial charge in [0.05, 0.1) is 13.3 Å². The van der Waals surface area contributed by atoms with Crippen LogP contribution in [0.2, 0.25) is 10.0 Å². The summed E-state index contributed by atoms with van der Waals surface area (Å²) in [6.45, 7) is 5.50. The maximum atomic E-state index is 13.9. The van der Waals surface area contributed by atoms with Crippen molar-refractivity contribution in [3.8, 4) is 11.1 Å². The van der Waals surface area contributed by atoms with E-state index in [-0.39, 0.29) is 14.9 Å². The molecule has 1 unspecified atom stereocenters. The maximum Gasteiger partial charge on any atom is 0.288 e. The molecule has 9 heteroatoms. The summed E-state index contributed by atoms with van der Waals surface area (Å²) in [6, 6.07) is 9.24. The number of pyridine rings is 2. The number of piperazine rings is 1. The van der Waals surface area contributed by atoms with Crippen LogP contribution in [0.15, 0.2) is 58.7 Å². The third kappa shape index (κ3) is 4.33. The largest absolute Gasteiger partial charge is 0.354 e. The molecular formula is C22H23Cl2N4O2S+. The number of anilines is 1. The molecule has 1 aromatic carbocycles. The molecule has 0 saturated carbocycles. The van der Waals surface area contributed by atoms with Gasteiger partial charge in [-0.05, 0) is 48.4 Å². The molecule has 0 radical (unpaired) electrons. The zero-order valence-corrected chi connectivity index (χ0v) is 19.6. The van der Waals surface area contributed by atoms with Crippen LogP contribution in [0.4, 0.5) is 5.82 Å². The van der Waals surface area contributed by atoms with E-state index in [1.165, 1.54) is 13.3 Å². The Morgan fingerprint density at radius 1 is 1.06 bits per heavy atom. The standard InChI is InChI=1S/C22H23Cl2N4O2S/c1-15-3-5-26-14-20(15)31(29,30-2)22-18(23)11-17(12-19(22)24)16-4-6-27-21(13-16)28-9-7-25-8-10-28/h3-6,11-14,25H,7-10H2,1-2H3/q+1. The van der Waals surface area contributed by atoms with Crippen molar-refractivity contribution in [2.24, 2.45) is 0 Å². The van der Waals surface area contributed by atoms with Crippen molar-refractivity contribution in [3.05, 3.63) is 64.5 Å². The zero-order chi connectivity index (χ0) is 22.0. The van der Waals surface area contributed by atoms with E-state index in [2.05, 4.69) is 20.2 Å². The first-order chi connectivity index (χ1) is 14.9. The summed E-state index contributed by atoms with van der Waals surface area (Å²) in [5.74, 6) is 0.905. The smallest absolute Gasteiger partial charge is 0.288 e. The predicted molar refractivity (Wildman–Crippen MR) is 125 cm³/mol. The van der Waals surface area contributed by atoms with Crippen molar-refractivity contribution in [1.29, 1.82) is 0 Å². The molecule has 0 bridgehead atoms. The summed E-state index contributed by atoms with van der Waals surface area (Å²) in [6.07, 6.45) is 4.95. The van der Waals surface area contributed by atoms with Crippen LogP contribution in [0.3, 0.4) is 0 Å². The van der Waals surface area contributed by atoms with Gasteiger partial charge in [-0.1, -0.05) is 27.4 Å². The highest BCUT2D eigenvalue weighted by Crippen LogP contribution is 2.42. The van der Waals surface area contributed by atoms with E-state index in [9.17, 15) is 4.21 Å². The van der Waals surface area contributed by atoms with Crippen LogP contribution in [0.25, 0.3) is 11.1 Å². The van der Waals surface area contributed by atoms with E-state index in [0.717, 1.165) is 48.7 Å². The number of hydrogen-bond acceptors (Lipinski definition) is 6. The first kappa shape index (κ1) is 22.2. The van der Waals surface area contributed by atoms with Crippen LogP contribution in [0.1, 0.15) is 5.56 Å². The number of hydrogen-bond donors (Lipinski definition) is 1. The van der Waals surface area contributed by atoms with Crippen LogP contribution in [0, 0.1) is 6.92 Å². The topological polar surface area (TPSA) is 67.3 Å². The van der Waals surface area contributed by atoms with E-state index in [4.69, 9.17) is 27.4 Å². The van der Waals surface area contributed by atoms with Gasteiger partial charge in [-0.15, -0.1) is 0 Å². The first-order valence-electron chi connectivity index (χ1n) is 9.85. The van der Waals surface area contributed by atoms with E-state index in [1.807, 2.05) is 19.1 Å². The Morgan fingerprint density at radius 2 is 1.77 bits per heavy atom. The van der Waals surface area contributed by atoms with Crippen molar-refractivity contribution < 1.29 is 8.39 Å². The molecule has 3 aromatic rings. The maximum absolute atomic E-state index is 13.9. The van der Waals surface area contributed by atoms with E-state index < -0.39 is 10.2 Å². The van der Waals surface area contributed by atoms with Gasteiger partial charge in [0.2, 0.25) is 9.79 Å². The second-order valence-corrected chi connectivity index (χ2v) is 10.2. The summed E-state index contributed by atoms with van der Waals surface area (Å²) < 4.78 is 19.4. The van der Waals surface area contributed by atoms with Gasteiger partial charge in [0.15, 0.2) is 0 Å². The number of rotatable bonds is 5. The van der Waals surface area contributed by atoms with Crippen molar-refractivity contribution in [2.45, 2.75) is 16.7 Å². The fourth-order valence-electron chi connectivity index (χ4n) is 3.66. The quantitative estimate of drug-likeness (QED) is 0.539. The minimum Gasteiger partial charge on any atom is -0.354 e. The Bertz CT molecular complexity index is 1130. The molecule has 1 aliphatic heterocycles. The summed E-state index contributed by atoms with van der Waals surface area (Å²) in [7, 11) is -1.77. The SMILES string of the molecule is CO[S+](=O)(c1cnccc1C)c1c(Cl)cc(-c2ccnc(N3CCNCC3)c2)cc1Cl. The molecule has 31 heavy (non-hydrogen) atoms. The highest BCUT2D eigenvalue weighted by Gasteiger charge is 2.42. The number of benzene rings is 1. The van der Waals surface area contributed by atoms with Crippen LogP contribution >= 0.6 is 23.2 Å². The van der Waals surface area contributed by atoms with Gasteiger partial charge in [-0.3, -0.25) is 4.98 Å². The predicted octanol–water partition coefficient (Wildman–Crippen LogP) is 4.65. The highest BCUT2D eigenvalue weighted by molar-refractivity contribution is 7.99. The Kier molecular flexibility index (Phi) is 6.60. The second kappa shape index (κ2) is 9.22. The Morgan fingerprint density at radius 3 is 2.42 bits per heavy atom. The van der Waals surface area contributed by atoms with E-state index >= 15 is 0 Å². The molecule has 1 atom stereocenters. The number of nitrogens with one attached hydrogen (secondary N) is 1. The van der Waals surface area contributed by atoms with E-state index in [0.29, 0.717) is 4.90 Å². The van der Waals surface area contributed by atoms with Crippen LogP contribution in [-0.2, 0) is 18.6 Å². The second-order valence-electron chi connectivity index (χ2n) is 7.22. The monoisotopic (exact) mass is 477 g/mol. The molecular weight excluding hydrogens is 455 g/mol. The summed E-state index contributed by atoms with van der Waals surface area (Å²) in [4.78, 5) is 11.6. The molecule has 0 aliphatic carbocycles. The first-order valence-corrected chi connectivity index (χ1v) is 12.1. The van der Waals surface area contributed by atoms with Crippen molar-refractivity contribution in [2.75, 3.05) is 38.2 Å². The summed E-state index contributed by atoms with van der Waals surface area (Å²) in [5, 5.41) is 3.89. The lowest BCUT2D eigenvalue weighted by atomic mass is 10.1.